The summed E-state index contributed by atoms with van der Waals surface area (Å²) < 4.78 is 0. The van der Waals surface area contributed by atoms with Crippen molar-refractivity contribution in [1.82, 2.24) is 5.32 Å². The first kappa shape index (κ1) is 12.7. The van der Waals surface area contributed by atoms with Crippen molar-refractivity contribution in [3.05, 3.63) is 0 Å². The van der Waals surface area contributed by atoms with Crippen molar-refractivity contribution >= 4 is 0 Å². The van der Waals surface area contributed by atoms with Gasteiger partial charge in [-0.25, -0.2) is 0 Å². The van der Waals surface area contributed by atoms with Crippen molar-refractivity contribution in [3.8, 4) is 0 Å². The van der Waals surface area contributed by atoms with Crippen LogP contribution >= 0.6 is 0 Å². The van der Waals surface area contributed by atoms with Gasteiger partial charge in [-0.3, -0.25) is 0 Å². The lowest BCUT2D eigenvalue weighted by molar-refractivity contribution is 0.184. The van der Waals surface area contributed by atoms with E-state index in [1.54, 1.807) is 57.8 Å². The Bertz CT molecular complexity index is 285. The number of hydrogen-bond donors (Lipinski definition) is 1. The fourth-order valence-electron chi connectivity index (χ4n) is 6.47. The molecule has 0 bridgehead atoms. The molecule has 1 heteroatoms. The highest BCUT2D eigenvalue weighted by Crippen LogP contribution is 2.58. The minimum Gasteiger partial charge on any atom is -0.316 e. The molecule has 108 valence electrons. The van der Waals surface area contributed by atoms with Gasteiger partial charge in [0.05, 0.1) is 0 Å². The molecule has 0 spiro atoms. The third-order valence-corrected chi connectivity index (χ3v) is 7.17. The molecule has 3 aliphatic carbocycles. The van der Waals surface area contributed by atoms with Gasteiger partial charge in [0, 0.05) is 0 Å². The van der Waals surface area contributed by atoms with Crippen LogP contribution in [0.4, 0.5) is 0 Å². The first-order valence-electron chi connectivity index (χ1n) is 9.14. The van der Waals surface area contributed by atoms with Gasteiger partial charge in [0.1, 0.15) is 0 Å². The molecule has 4 aliphatic rings. The molecule has 1 nitrogen and oxygen atoms in total. The SMILES string of the molecule is C1CCC2C(C1)C1CCCCC1C2CC1CCNC1. The minimum absolute atomic E-state index is 1.02. The summed E-state index contributed by atoms with van der Waals surface area (Å²) in [5.74, 6) is 6.73. The summed E-state index contributed by atoms with van der Waals surface area (Å²) in [6, 6.07) is 0. The summed E-state index contributed by atoms with van der Waals surface area (Å²) in [6.45, 7) is 2.62. The average molecular weight is 261 g/mol. The molecule has 4 fully saturated rings. The lowest BCUT2D eigenvalue weighted by atomic mass is 9.73. The second-order valence-corrected chi connectivity index (χ2v) is 7.98. The second-order valence-electron chi connectivity index (χ2n) is 7.98. The van der Waals surface area contributed by atoms with Gasteiger partial charge < -0.3 is 5.32 Å². The molecular weight excluding hydrogens is 230 g/mol. The maximum absolute atomic E-state index is 3.59. The zero-order valence-corrected chi connectivity index (χ0v) is 12.4. The molecule has 19 heavy (non-hydrogen) atoms. The summed E-state index contributed by atoms with van der Waals surface area (Å²) in [5, 5.41) is 3.59. The van der Waals surface area contributed by atoms with Crippen molar-refractivity contribution in [3.63, 3.8) is 0 Å². The zero-order chi connectivity index (χ0) is 12.7. The lowest BCUT2D eigenvalue weighted by Gasteiger charge is -2.32. The van der Waals surface area contributed by atoms with Gasteiger partial charge in [-0.2, -0.15) is 0 Å². The smallest absolute Gasteiger partial charge is 0.00199 e. The van der Waals surface area contributed by atoms with Gasteiger partial charge in [0.2, 0.25) is 0 Å². The van der Waals surface area contributed by atoms with Gasteiger partial charge >= 0.3 is 0 Å². The highest BCUT2D eigenvalue weighted by molar-refractivity contribution is 5.00. The standard InChI is InChI=1S/C18H31N/c1-3-7-16-14(5-1)15-6-2-4-8-17(15)18(16)11-13-9-10-19-12-13/h13-19H,1-12H2. The number of fused-ring (bicyclic) bond motifs is 3. The summed E-state index contributed by atoms with van der Waals surface area (Å²) in [4.78, 5) is 0. The molecule has 1 saturated heterocycles. The molecule has 0 aromatic rings. The molecule has 5 unspecified atom stereocenters. The van der Waals surface area contributed by atoms with E-state index in [2.05, 4.69) is 5.32 Å². The fraction of sp³-hybridized carbons (Fsp3) is 1.00. The Morgan fingerprint density at radius 1 is 0.684 bits per heavy atom. The van der Waals surface area contributed by atoms with Gasteiger partial charge in [0.25, 0.3) is 0 Å². The van der Waals surface area contributed by atoms with Crippen LogP contribution in [0.2, 0.25) is 0 Å². The first-order valence-corrected chi connectivity index (χ1v) is 9.14. The largest absolute Gasteiger partial charge is 0.316 e. The Hall–Kier alpha value is -0.0400. The van der Waals surface area contributed by atoms with E-state index in [-0.39, 0.29) is 0 Å². The molecule has 3 saturated carbocycles. The molecule has 1 aliphatic heterocycles. The van der Waals surface area contributed by atoms with E-state index in [9.17, 15) is 0 Å². The van der Waals surface area contributed by atoms with Crippen LogP contribution in [-0.4, -0.2) is 13.1 Å². The quantitative estimate of drug-likeness (QED) is 0.784. The third kappa shape index (κ3) is 2.26. The zero-order valence-electron chi connectivity index (χ0n) is 12.4. The second kappa shape index (κ2) is 5.39. The molecule has 4 rings (SSSR count). The van der Waals surface area contributed by atoms with Crippen LogP contribution in [0.3, 0.4) is 0 Å². The normalized spacial score (nSPS) is 49.9. The molecule has 5 atom stereocenters. The van der Waals surface area contributed by atoms with Gasteiger partial charge in [-0.05, 0) is 87.1 Å². The highest BCUT2D eigenvalue weighted by atomic mass is 14.9. The molecule has 0 amide bonds. The van der Waals surface area contributed by atoms with E-state index in [0.717, 1.165) is 35.5 Å². The average Bonchev–Trinajstić information content (AvgIpc) is 3.08. The van der Waals surface area contributed by atoms with Crippen LogP contribution in [0.1, 0.15) is 64.2 Å². The monoisotopic (exact) mass is 261 g/mol. The number of nitrogens with one attached hydrogen (secondary N) is 1. The molecule has 1 heterocycles. The number of rotatable bonds is 2. The summed E-state index contributed by atoms with van der Waals surface area (Å²) in [5.41, 5.74) is 0. The minimum atomic E-state index is 1.02. The highest BCUT2D eigenvalue weighted by Gasteiger charge is 2.50. The van der Waals surface area contributed by atoms with E-state index in [0.29, 0.717) is 0 Å². The summed E-state index contributed by atoms with van der Waals surface area (Å²) in [7, 11) is 0. The maximum Gasteiger partial charge on any atom is -0.00199 e. The van der Waals surface area contributed by atoms with Crippen LogP contribution in [0.15, 0.2) is 0 Å². The molecule has 0 aromatic carbocycles. The summed E-state index contributed by atoms with van der Waals surface area (Å²) in [6.07, 6.45) is 15.6. The molecule has 1 N–H and O–H groups in total. The van der Waals surface area contributed by atoms with Crippen molar-refractivity contribution in [2.24, 2.45) is 35.5 Å². The van der Waals surface area contributed by atoms with Crippen molar-refractivity contribution in [2.45, 2.75) is 64.2 Å². The lowest BCUT2D eigenvalue weighted by Crippen LogP contribution is -2.24. The summed E-state index contributed by atoms with van der Waals surface area (Å²) >= 11 is 0. The maximum atomic E-state index is 3.59. The Morgan fingerprint density at radius 2 is 1.26 bits per heavy atom. The van der Waals surface area contributed by atoms with Gasteiger partial charge in [-0.15, -0.1) is 0 Å². The fourth-order valence-corrected chi connectivity index (χ4v) is 6.47. The first-order chi connectivity index (χ1) is 9.43. The van der Waals surface area contributed by atoms with Crippen molar-refractivity contribution in [1.29, 1.82) is 0 Å². The predicted octanol–water partition coefficient (Wildman–Crippen LogP) is 4.23. The Kier molecular flexibility index (Phi) is 3.60. The molecule has 0 aromatic heterocycles. The Labute approximate surface area is 118 Å². The molecule has 0 radical (unpaired) electrons. The van der Waals surface area contributed by atoms with Crippen LogP contribution in [0.5, 0.6) is 0 Å². The Balaban J connectivity index is 1.52. The Morgan fingerprint density at radius 3 is 1.79 bits per heavy atom. The molecular formula is C18H31N. The van der Waals surface area contributed by atoms with Crippen molar-refractivity contribution in [2.75, 3.05) is 13.1 Å². The van der Waals surface area contributed by atoms with Gasteiger partial charge in [-0.1, -0.05) is 25.7 Å². The van der Waals surface area contributed by atoms with Crippen LogP contribution in [-0.2, 0) is 0 Å². The van der Waals surface area contributed by atoms with E-state index in [1.807, 2.05) is 0 Å². The van der Waals surface area contributed by atoms with E-state index in [4.69, 9.17) is 0 Å². The van der Waals surface area contributed by atoms with Crippen LogP contribution in [0.25, 0.3) is 0 Å². The van der Waals surface area contributed by atoms with Crippen molar-refractivity contribution < 1.29 is 0 Å². The van der Waals surface area contributed by atoms with Gasteiger partial charge in [0.15, 0.2) is 0 Å². The van der Waals surface area contributed by atoms with E-state index in [1.165, 1.54) is 19.5 Å². The predicted molar refractivity (Wildman–Crippen MR) is 80.0 cm³/mol. The van der Waals surface area contributed by atoms with E-state index >= 15 is 0 Å². The van der Waals surface area contributed by atoms with E-state index < -0.39 is 0 Å². The number of hydrogen-bond acceptors (Lipinski definition) is 1. The third-order valence-electron chi connectivity index (χ3n) is 7.17. The van der Waals surface area contributed by atoms with Crippen LogP contribution in [0, 0.1) is 35.5 Å². The topological polar surface area (TPSA) is 12.0 Å². The van der Waals surface area contributed by atoms with Crippen LogP contribution < -0.4 is 5.32 Å².